The number of non-ortho nitro benzene ring substituents is 2. The summed E-state index contributed by atoms with van der Waals surface area (Å²) in [7, 11) is 0. The van der Waals surface area contributed by atoms with Crippen LogP contribution in [-0.2, 0) is 0 Å². The van der Waals surface area contributed by atoms with E-state index in [0.29, 0.717) is 5.56 Å². The lowest BCUT2D eigenvalue weighted by Crippen LogP contribution is -2.16. The lowest BCUT2D eigenvalue weighted by atomic mass is 10.00. The van der Waals surface area contributed by atoms with Crippen molar-refractivity contribution >= 4 is 28.8 Å². The number of anilines is 1. The molecule has 0 aliphatic rings. The van der Waals surface area contributed by atoms with Gasteiger partial charge in [-0.1, -0.05) is 36.4 Å². The van der Waals surface area contributed by atoms with Gasteiger partial charge in [0.05, 0.1) is 27.2 Å². The van der Waals surface area contributed by atoms with Gasteiger partial charge in [-0.05, 0) is 24.6 Å². The summed E-state index contributed by atoms with van der Waals surface area (Å²) in [5, 5.41) is 24.7. The average Bonchev–Trinajstić information content (AvgIpc) is 2.73. The molecule has 3 aromatic carbocycles. The normalized spacial score (nSPS) is 10.3. The minimum atomic E-state index is -0.819. The molecular formula is C21H15N3O6. The summed E-state index contributed by atoms with van der Waals surface area (Å²) >= 11 is 0. The zero-order valence-electron chi connectivity index (χ0n) is 15.7. The Morgan fingerprint density at radius 3 is 1.97 bits per heavy atom. The van der Waals surface area contributed by atoms with E-state index < -0.39 is 27.1 Å². The Bertz CT molecular complexity index is 1140. The maximum absolute atomic E-state index is 12.9. The van der Waals surface area contributed by atoms with Crippen molar-refractivity contribution in [1.29, 1.82) is 0 Å². The molecule has 0 spiro atoms. The Kier molecular flexibility index (Phi) is 5.63. The van der Waals surface area contributed by atoms with Crippen molar-refractivity contribution in [3.8, 4) is 0 Å². The van der Waals surface area contributed by atoms with E-state index >= 15 is 0 Å². The minimum absolute atomic E-state index is 0.197. The summed E-state index contributed by atoms with van der Waals surface area (Å²) in [6.45, 7) is 1.77. The number of amides is 1. The highest BCUT2D eigenvalue weighted by Gasteiger charge is 2.21. The van der Waals surface area contributed by atoms with Crippen LogP contribution in [0.4, 0.5) is 17.1 Å². The van der Waals surface area contributed by atoms with Crippen molar-refractivity contribution in [3.05, 3.63) is 109 Å². The molecule has 1 N–H and O–H groups in total. The van der Waals surface area contributed by atoms with Crippen molar-refractivity contribution in [3.63, 3.8) is 0 Å². The van der Waals surface area contributed by atoms with Gasteiger partial charge in [0, 0.05) is 23.3 Å². The second-order valence-corrected chi connectivity index (χ2v) is 6.45. The smallest absolute Gasteiger partial charge is 0.277 e. The van der Waals surface area contributed by atoms with E-state index in [0.717, 1.165) is 23.8 Å². The van der Waals surface area contributed by atoms with E-state index in [-0.39, 0.29) is 22.6 Å². The van der Waals surface area contributed by atoms with Gasteiger partial charge in [0.1, 0.15) is 0 Å². The second kappa shape index (κ2) is 8.31. The molecule has 1 amide bonds. The Morgan fingerprint density at radius 2 is 1.40 bits per heavy atom. The first-order chi connectivity index (χ1) is 14.3. The number of hydrogen-bond acceptors (Lipinski definition) is 6. The van der Waals surface area contributed by atoms with Crippen molar-refractivity contribution < 1.29 is 19.4 Å². The minimum Gasteiger partial charge on any atom is -0.321 e. The van der Waals surface area contributed by atoms with E-state index in [1.165, 1.54) is 0 Å². The van der Waals surface area contributed by atoms with Crippen LogP contribution in [0.25, 0.3) is 0 Å². The van der Waals surface area contributed by atoms with Crippen LogP contribution in [-0.4, -0.2) is 21.5 Å². The Labute approximate surface area is 170 Å². The second-order valence-electron chi connectivity index (χ2n) is 6.45. The lowest BCUT2D eigenvalue weighted by molar-refractivity contribution is -0.394. The number of nitrogens with zero attached hydrogens (tertiary/aromatic N) is 2. The Balaban J connectivity index is 2.00. The third-order valence-corrected chi connectivity index (χ3v) is 4.29. The van der Waals surface area contributed by atoms with Gasteiger partial charge < -0.3 is 5.32 Å². The fourth-order valence-corrected chi connectivity index (χ4v) is 2.84. The maximum Gasteiger partial charge on any atom is 0.277 e. The molecule has 3 aromatic rings. The van der Waals surface area contributed by atoms with Crippen molar-refractivity contribution in [2.75, 3.05) is 5.32 Å². The van der Waals surface area contributed by atoms with E-state index in [1.807, 2.05) is 0 Å². The molecule has 0 unspecified atom stereocenters. The van der Waals surface area contributed by atoms with Crippen molar-refractivity contribution in [2.24, 2.45) is 0 Å². The van der Waals surface area contributed by atoms with E-state index in [2.05, 4.69) is 5.32 Å². The highest BCUT2D eigenvalue weighted by atomic mass is 16.6. The molecule has 0 aliphatic carbocycles. The maximum atomic E-state index is 12.9. The number of benzene rings is 3. The number of ketones is 1. The largest absolute Gasteiger partial charge is 0.321 e. The van der Waals surface area contributed by atoms with Gasteiger partial charge in [-0.3, -0.25) is 29.8 Å². The highest BCUT2D eigenvalue weighted by Crippen LogP contribution is 2.25. The molecule has 0 radical (unpaired) electrons. The van der Waals surface area contributed by atoms with Gasteiger partial charge in [-0.25, -0.2) is 0 Å². The predicted molar refractivity (Wildman–Crippen MR) is 109 cm³/mol. The first-order valence-electron chi connectivity index (χ1n) is 8.72. The molecule has 30 heavy (non-hydrogen) atoms. The van der Waals surface area contributed by atoms with E-state index in [9.17, 15) is 29.8 Å². The third kappa shape index (κ3) is 4.36. The molecule has 3 rings (SSSR count). The summed E-state index contributed by atoms with van der Waals surface area (Å²) in [6, 6.07) is 16.0. The number of carbonyl (C=O) groups excluding carboxylic acids is 2. The van der Waals surface area contributed by atoms with Crippen LogP contribution in [0.5, 0.6) is 0 Å². The average molecular weight is 405 g/mol. The van der Waals surface area contributed by atoms with Gasteiger partial charge in [-0.2, -0.15) is 0 Å². The van der Waals surface area contributed by atoms with Gasteiger partial charge >= 0.3 is 0 Å². The fourth-order valence-electron chi connectivity index (χ4n) is 2.84. The first-order valence-corrected chi connectivity index (χ1v) is 8.72. The molecule has 0 heterocycles. The SMILES string of the molecule is Cc1ccc(C(=O)c2ccccc2)c(NC(=O)c2cc([N+](=O)[O-])cc([N+](=O)[O-])c2)c1. The molecule has 150 valence electrons. The van der Waals surface area contributed by atoms with Crippen molar-refractivity contribution in [2.45, 2.75) is 6.92 Å². The number of carbonyl (C=O) groups is 2. The van der Waals surface area contributed by atoms with Crippen LogP contribution in [0.2, 0.25) is 0 Å². The fraction of sp³-hybridized carbons (Fsp3) is 0.0476. The molecule has 0 aromatic heterocycles. The monoisotopic (exact) mass is 405 g/mol. The van der Waals surface area contributed by atoms with Crippen LogP contribution in [0.3, 0.4) is 0 Å². The predicted octanol–water partition coefficient (Wildman–Crippen LogP) is 4.29. The molecule has 0 saturated heterocycles. The van der Waals surface area contributed by atoms with Crippen LogP contribution in [0.1, 0.15) is 31.8 Å². The van der Waals surface area contributed by atoms with E-state index in [4.69, 9.17) is 0 Å². The molecule has 0 fully saturated rings. The molecule has 9 nitrogen and oxygen atoms in total. The van der Waals surface area contributed by atoms with Crippen LogP contribution in [0.15, 0.2) is 66.7 Å². The first kappa shape index (κ1) is 20.3. The summed E-state index contributed by atoms with van der Waals surface area (Å²) in [5.41, 5.74) is 0.166. The summed E-state index contributed by atoms with van der Waals surface area (Å²) in [5.74, 6) is -1.13. The molecule has 0 saturated carbocycles. The molecule has 0 bridgehead atoms. The summed E-state index contributed by atoms with van der Waals surface area (Å²) < 4.78 is 0. The number of hydrogen-bond donors (Lipinski definition) is 1. The topological polar surface area (TPSA) is 132 Å². The Morgan fingerprint density at radius 1 is 0.800 bits per heavy atom. The lowest BCUT2D eigenvalue weighted by Gasteiger charge is -2.12. The molecule has 9 heteroatoms. The molecule has 0 aliphatic heterocycles. The van der Waals surface area contributed by atoms with Gasteiger partial charge in [-0.15, -0.1) is 0 Å². The Hall–Kier alpha value is -4.40. The standard InChI is InChI=1S/C21H15N3O6/c1-13-7-8-18(20(25)14-5-3-2-4-6-14)19(9-13)22-21(26)15-10-16(23(27)28)12-17(11-15)24(29)30/h2-12H,1H3,(H,22,26). The molecule has 0 atom stereocenters. The highest BCUT2D eigenvalue weighted by molar-refractivity contribution is 6.15. The summed E-state index contributed by atoms with van der Waals surface area (Å²) in [4.78, 5) is 46.1. The number of aryl methyl sites for hydroxylation is 1. The third-order valence-electron chi connectivity index (χ3n) is 4.29. The number of nitro groups is 2. The van der Waals surface area contributed by atoms with Crippen LogP contribution >= 0.6 is 0 Å². The number of nitrogens with one attached hydrogen (secondary N) is 1. The zero-order valence-corrected chi connectivity index (χ0v) is 15.7. The van der Waals surface area contributed by atoms with Crippen LogP contribution in [0, 0.1) is 27.2 Å². The molecular weight excluding hydrogens is 390 g/mol. The zero-order chi connectivity index (χ0) is 21.8. The number of nitro benzene ring substituents is 2. The summed E-state index contributed by atoms with van der Waals surface area (Å²) in [6.07, 6.45) is 0. The number of rotatable bonds is 6. The van der Waals surface area contributed by atoms with Gasteiger partial charge in [0.15, 0.2) is 5.78 Å². The quantitative estimate of drug-likeness (QED) is 0.369. The van der Waals surface area contributed by atoms with E-state index in [1.54, 1.807) is 55.5 Å². The van der Waals surface area contributed by atoms with Crippen molar-refractivity contribution in [1.82, 2.24) is 0 Å². The van der Waals surface area contributed by atoms with Gasteiger partial charge in [0.2, 0.25) is 0 Å². The van der Waals surface area contributed by atoms with Gasteiger partial charge in [0.25, 0.3) is 17.3 Å². The van der Waals surface area contributed by atoms with Crippen LogP contribution < -0.4 is 5.32 Å².